The molecule has 4 rings (SSSR count). The van der Waals surface area contributed by atoms with Crippen LogP contribution in [0.1, 0.15) is 41.7 Å². The fraction of sp³-hybridized carbons (Fsp3) is 0.320. The van der Waals surface area contributed by atoms with Crippen LogP contribution in [0.5, 0.6) is 0 Å². The van der Waals surface area contributed by atoms with Crippen molar-refractivity contribution in [3.05, 3.63) is 65.9 Å². The van der Waals surface area contributed by atoms with Gasteiger partial charge in [0, 0.05) is 24.2 Å². The molecule has 1 saturated heterocycles. The number of sulfonamides is 1. The van der Waals surface area contributed by atoms with E-state index >= 15 is 0 Å². The lowest BCUT2D eigenvalue weighted by Crippen LogP contribution is -2.32. The third kappa shape index (κ3) is 5.43. The molecule has 3 aromatic rings. The van der Waals surface area contributed by atoms with Crippen LogP contribution in [0.25, 0.3) is 10.9 Å². The minimum absolute atomic E-state index is 0.104. The summed E-state index contributed by atoms with van der Waals surface area (Å²) in [6.07, 6.45) is 3.72. The first-order valence-electron chi connectivity index (χ1n) is 11.3. The van der Waals surface area contributed by atoms with Crippen molar-refractivity contribution < 1.29 is 22.7 Å². The number of hydrogen-bond acceptors (Lipinski definition) is 6. The minimum atomic E-state index is -3.67. The zero-order valence-electron chi connectivity index (χ0n) is 19.0. The van der Waals surface area contributed by atoms with E-state index in [0.29, 0.717) is 29.9 Å². The molecule has 8 nitrogen and oxygen atoms in total. The Morgan fingerprint density at radius 2 is 1.74 bits per heavy atom. The van der Waals surface area contributed by atoms with Gasteiger partial charge in [-0.2, -0.15) is 4.31 Å². The first-order valence-corrected chi connectivity index (χ1v) is 12.7. The van der Waals surface area contributed by atoms with E-state index in [-0.39, 0.29) is 10.6 Å². The van der Waals surface area contributed by atoms with Gasteiger partial charge in [0.05, 0.1) is 10.4 Å². The number of anilines is 1. The van der Waals surface area contributed by atoms with Crippen LogP contribution in [-0.4, -0.2) is 49.3 Å². The normalized spacial score (nSPS) is 15.0. The molecular weight excluding hydrogens is 454 g/mol. The SMILES string of the molecule is Cc1ccc(NC(=O)COC(=O)c2ccc3ccccc3n2)cc1S(=O)(=O)N1CCCCCC1. The second kappa shape index (κ2) is 10.3. The number of hydrogen-bond donors (Lipinski definition) is 1. The molecule has 9 heteroatoms. The van der Waals surface area contributed by atoms with Crippen LogP contribution in [0.15, 0.2) is 59.5 Å². The van der Waals surface area contributed by atoms with Gasteiger partial charge in [0.25, 0.3) is 5.91 Å². The first kappa shape index (κ1) is 23.8. The lowest BCUT2D eigenvalue weighted by Gasteiger charge is -2.21. The number of ether oxygens (including phenoxy) is 1. The summed E-state index contributed by atoms with van der Waals surface area (Å²) < 4.78 is 33.0. The quantitative estimate of drug-likeness (QED) is 0.535. The van der Waals surface area contributed by atoms with E-state index in [1.165, 1.54) is 10.4 Å². The van der Waals surface area contributed by atoms with Gasteiger partial charge in [0.1, 0.15) is 5.69 Å². The molecule has 0 spiro atoms. The Morgan fingerprint density at radius 3 is 2.50 bits per heavy atom. The van der Waals surface area contributed by atoms with Crippen LogP contribution in [0.4, 0.5) is 5.69 Å². The van der Waals surface area contributed by atoms with Crippen molar-refractivity contribution in [1.29, 1.82) is 0 Å². The number of amides is 1. The van der Waals surface area contributed by atoms with Crippen molar-refractivity contribution in [2.75, 3.05) is 25.0 Å². The summed E-state index contributed by atoms with van der Waals surface area (Å²) in [4.78, 5) is 29.1. The number of esters is 1. The molecule has 0 aliphatic carbocycles. The van der Waals surface area contributed by atoms with E-state index < -0.39 is 28.5 Å². The molecule has 1 amide bonds. The number of benzene rings is 2. The molecule has 2 heterocycles. The fourth-order valence-electron chi connectivity index (χ4n) is 3.96. The Labute approximate surface area is 199 Å². The molecule has 178 valence electrons. The maximum Gasteiger partial charge on any atom is 0.357 e. The van der Waals surface area contributed by atoms with Gasteiger partial charge in [-0.25, -0.2) is 18.2 Å². The molecule has 1 aromatic heterocycles. The number of nitrogens with zero attached hydrogens (tertiary/aromatic N) is 2. The van der Waals surface area contributed by atoms with Gasteiger partial charge < -0.3 is 10.1 Å². The molecule has 2 aromatic carbocycles. The number of para-hydroxylation sites is 1. The van der Waals surface area contributed by atoms with Crippen LogP contribution >= 0.6 is 0 Å². The predicted molar refractivity (Wildman–Crippen MR) is 129 cm³/mol. The largest absolute Gasteiger partial charge is 0.451 e. The second-order valence-corrected chi connectivity index (χ2v) is 10.2. The molecule has 0 unspecified atom stereocenters. The predicted octanol–water partition coefficient (Wildman–Crippen LogP) is 3.90. The van der Waals surface area contributed by atoms with Gasteiger partial charge in [0.15, 0.2) is 6.61 Å². The van der Waals surface area contributed by atoms with Crippen LogP contribution in [0.3, 0.4) is 0 Å². The van der Waals surface area contributed by atoms with Crippen molar-refractivity contribution in [2.24, 2.45) is 0 Å². The summed E-state index contributed by atoms with van der Waals surface area (Å²) in [5, 5.41) is 3.50. The highest BCUT2D eigenvalue weighted by Gasteiger charge is 2.27. The Morgan fingerprint density at radius 1 is 1.00 bits per heavy atom. The smallest absolute Gasteiger partial charge is 0.357 e. The molecule has 0 bridgehead atoms. The fourth-order valence-corrected chi connectivity index (χ4v) is 5.73. The van der Waals surface area contributed by atoms with Crippen molar-refractivity contribution in [1.82, 2.24) is 9.29 Å². The number of aryl methyl sites for hydroxylation is 1. The van der Waals surface area contributed by atoms with Crippen molar-refractivity contribution in [3.8, 4) is 0 Å². The topological polar surface area (TPSA) is 106 Å². The van der Waals surface area contributed by atoms with Crippen LogP contribution in [0, 0.1) is 6.92 Å². The Balaban J connectivity index is 1.41. The van der Waals surface area contributed by atoms with Gasteiger partial charge in [-0.1, -0.05) is 43.2 Å². The lowest BCUT2D eigenvalue weighted by atomic mass is 10.2. The van der Waals surface area contributed by atoms with Gasteiger partial charge in [-0.3, -0.25) is 4.79 Å². The lowest BCUT2D eigenvalue weighted by molar-refractivity contribution is -0.119. The van der Waals surface area contributed by atoms with E-state index in [4.69, 9.17) is 4.74 Å². The summed E-state index contributed by atoms with van der Waals surface area (Å²) in [6.45, 7) is 2.21. The van der Waals surface area contributed by atoms with Crippen molar-refractivity contribution in [3.63, 3.8) is 0 Å². The van der Waals surface area contributed by atoms with Gasteiger partial charge in [0.2, 0.25) is 10.0 Å². The maximum atomic E-state index is 13.2. The number of nitrogens with one attached hydrogen (secondary N) is 1. The summed E-state index contributed by atoms with van der Waals surface area (Å²) in [5.74, 6) is -1.29. The molecule has 34 heavy (non-hydrogen) atoms. The summed E-state index contributed by atoms with van der Waals surface area (Å²) >= 11 is 0. The van der Waals surface area contributed by atoms with E-state index in [2.05, 4.69) is 10.3 Å². The zero-order chi connectivity index (χ0) is 24.1. The monoisotopic (exact) mass is 481 g/mol. The number of carbonyl (C=O) groups excluding carboxylic acids is 2. The Kier molecular flexibility index (Phi) is 7.23. The van der Waals surface area contributed by atoms with Crippen LogP contribution in [0.2, 0.25) is 0 Å². The highest BCUT2D eigenvalue weighted by atomic mass is 32.2. The standard InChI is InChI=1S/C25H27N3O5S/c1-18-10-12-20(16-23(18)34(31,32)28-14-6-2-3-7-15-28)26-24(29)17-33-25(30)22-13-11-19-8-4-5-9-21(19)27-22/h4-5,8-13,16H,2-3,6-7,14-15,17H2,1H3,(H,26,29). The molecule has 0 radical (unpaired) electrons. The van der Waals surface area contributed by atoms with E-state index in [0.717, 1.165) is 31.1 Å². The zero-order valence-corrected chi connectivity index (χ0v) is 19.8. The third-order valence-corrected chi connectivity index (χ3v) is 7.84. The van der Waals surface area contributed by atoms with Crippen LogP contribution in [-0.2, 0) is 19.6 Å². The average Bonchev–Trinajstić information content (AvgIpc) is 3.14. The summed E-state index contributed by atoms with van der Waals surface area (Å²) in [6, 6.07) is 15.4. The number of rotatable bonds is 6. The van der Waals surface area contributed by atoms with Gasteiger partial charge in [-0.05, 0) is 49.6 Å². The van der Waals surface area contributed by atoms with Gasteiger partial charge in [-0.15, -0.1) is 0 Å². The first-order chi connectivity index (χ1) is 16.3. The third-order valence-electron chi connectivity index (χ3n) is 5.80. The summed E-state index contributed by atoms with van der Waals surface area (Å²) in [5.41, 5.74) is 1.69. The van der Waals surface area contributed by atoms with Gasteiger partial charge >= 0.3 is 5.97 Å². The number of aromatic nitrogens is 1. The molecule has 1 aliphatic rings. The molecule has 1 N–H and O–H groups in total. The molecule has 0 atom stereocenters. The Hall–Kier alpha value is -3.30. The molecule has 0 saturated carbocycles. The maximum absolute atomic E-state index is 13.2. The highest BCUT2D eigenvalue weighted by Crippen LogP contribution is 2.26. The molecule has 1 fully saturated rings. The van der Waals surface area contributed by atoms with E-state index in [1.807, 2.05) is 18.2 Å². The van der Waals surface area contributed by atoms with Crippen LogP contribution < -0.4 is 5.32 Å². The summed E-state index contributed by atoms with van der Waals surface area (Å²) in [7, 11) is -3.67. The van der Waals surface area contributed by atoms with E-state index in [9.17, 15) is 18.0 Å². The van der Waals surface area contributed by atoms with Crippen molar-refractivity contribution >= 4 is 38.5 Å². The number of carbonyl (C=O) groups is 2. The highest BCUT2D eigenvalue weighted by molar-refractivity contribution is 7.89. The molecule has 1 aliphatic heterocycles. The number of pyridine rings is 1. The Bertz CT molecular complexity index is 1320. The van der Waals surface area contributed by atoms with E-state index in [1.54, 1.807) is 37.3 Å². The average molecular weight is 482 g/mol. The van der Waals surface area contributed by atoms with Crippen molar-refractivity contribution in [2.45, 2.75) is 37.5 Å². The minimum Gasteiger partial charge on any atom is -0.451 e. The molecular formula is C25H27N3O5S. The second-order valence-electron chi connectivity index (χ2n) is 8.31. The number of fused-ring (bicyclic) bond motifs is 1.